The Morgan fingerprint density at radius 3 is 2.38 bits per heavy atom. The molecule has 0 aliphatic heterocycles. The number of anilines is 1. The van der Waals surface area contributed by atoms with Crippen molar-refractivity contribution in [2.45, 2.75) is 17.9 Å². The summed E-state index contributed by atoms with van der Waals surface area (Å²) in [6.45, 7) is 1.98. The van der Waals surface area contributed by atoms with Crippen molar-refractivity contribution in [1.82, 2.24) is 0 Å². The average molecular weight is 300 g/mol. The lowest BCUT2D eigenvalue weighted by Crippen LogP contribution is -2.07. The van der Waals surface area contributed by atoms with Crippen LogP contribution in [0, 0.1) is 11.3 Å². The van der Waals surface area contributed by atoms with Crippen molar-refractivity contribution >= 4 is 15.5 Å². The van der Waals surface area contributed by atoms with Crippen molar-refractivity contribution < 1.29 is 8.42 Å². The Balaban J connectivity index is 2.19. The first-order valence-corrected chi connectivity index (χ1v) is 8.36. The Morgan fingerprint density at radius 2 is 1.81 bits per heavy atom. The molecule has 0 aromatic heterocycles. The fourth-order valence-corrected chi connectivity index (χ4v) is 2.66. The molecule has 0 amide bonds. The largest absolute Gasteiger partial charge is 0.378 e. The van der Waals surface area contributed by atoms with Gasteiger partial charge >= 0.3 is 0 Å². The van der Waals surface area contributed by atoms with Crippen LogP contribution in [0.15, 0.2) is 53.4 Å². The molecule has 0 bridgehead atoms. The molecule has 2 aromatic carbocycles. The van der Waals surface area contributed by atoms with Gasteiger partial charge in [-0.3, -0.25) is 0 Å². The smallest absolute Gasteiger partial charge is 0.175 e. The van der Waals surface area contributed by atoms with Gasteiger partial charge in [-0.2, -0.15) is 5.26 Å². The summed E-state index contributed by atoms with van der Waals surface area (Å²) < 4.78 is 23.1. The van der Waals surface area contributed by atoms with E-state index in [4.69, 9.17) is 5.26 Å². The zero-order chi connectivity index (χ0) is 15.5. The van der Waals surface area contributed by atoms with E-state index >= 15 is 0 Å². The number of hydrogen-bond acceptors (Lipinski definition) is 4. The Bertz CT molecular complexity index is 775. The molecule has 1 N–H and O–H groups in total. The first-order valence-electron chi connectivity index (χ1n) is 6.47. The third-order valence-corrected chi connectivity index (χ3v) is 4.30. The molecule has 1 unspecified atom stereocenters. The summed E-state index contributed by atoms with van der Waals surface area (Å²) >= 11 is 0. The van der Waals surface area contributed by atoms with Crippen LogP contribution in [0.3, 0.4) is 0 Å². The number of rotatable bonds is 4. The molecule has 2 aromatic rings. The molecule has 4 nitrogen and oxygen atoms in total. The Kier molecular flexibility index (Phi) is 4.29. The van der Waals surface area contributed by atoms with Crippen LogP contribution in [0.2, 0.25) is 0 Å². The molecular weight excluding hydrogens is 284 g/mol. The van der Waals surface area contributed by atoms with E-state index in [9.17, 15) is 8.42 Å². The maximum Gasteiger partial charge on any atom is 0.175 e. The zero-order valence-electron chi connectivity index (χ0n) is 11.9. The summed E-state index contributed by atoms with van der Waals surface area (Å²) in [4.78, 5) is 0.291. The van der Waals surface area contributed by atoms with E-state index < -0.39 is 9.84 Å². The lowest BCUT2D eigenvalue weighted by Gasteiger charge is -2.16. The lowest BCUT2D eigenvalue weighted by atomic mass is 10.1. The maximum absolute atomic E-state index is 11.6. The van der Waals surface area contributed by atoms with Crippen LogP contribution in [0.5, 0.6) is 0 Å². The summed E-state index contributed by atoms with van der Waals surface area (Å²) in [5, 5.41) is 12.0. The van der Waals surface area contributed by atoms with Gasteiger partial charge in [0, 0.05) is 18.0 Å². The second kappa shape index (κ2) is 5.98. The molecule has 108 valence electrons. The highest BCUT2D eigenvalue weighted by Gasteiger charge is 2.09. The van der Waals surface area contributed by atoms with Crippen LogP contribution in [-0.4, -0.2) is 14.7 Å². The van der Waals surface area contributed by atoms with E-state index in [1.807, 2.05) is 25.1 Å². The molecule has 1 atom stereocenters. The highest BCUT2D eigenvalue weighted by atomic mass is 32.2. The Labute approximate surface area is 125 Å². The van der Waals surface area contributed by atoms with Crippen LogP contribution in [0.4, 0.5) is 5.69 Å². The summed E-state index contributed by atoms with van der Waals surface area (Å²) in [7, 11) is -3.21. The molecule has 0 heterocycles. The van der Waals surface area contributed by atoms with Gasteiger partial charge in [-0.05, 0) is 42.8 Å². The van der Waals surface area contributed by atoms with Crippen LogP contribution < -0.4 is 5.32 Å². The van der Waals surface area contributed by atoms with E-state index in [0.29, 0.717) is 10.5 Å². The van der Waals surface area contributed by atoms with Crippen molar-refractivity contribution in [2.75, 3.05) is 11.6 Å². The summed E-state index contributed by atoms with van der Waals surface area (Å²) in [6.07, 6.45) is 1.19. The van der Waals surface area contributed by atoms with E-state index in [1.165, 1.54) is 6.26 Å². The van der Waals surface area contributed by atoms with E-state index in [1.54, 1.807) is 30.3 Å². The van der Waals surface area contributed by atoms with Crippen molar-refractivity contribution in [1.29, 1.82) is 5.26 Å². The third-order valence-electron chi connectivity index (χ3n) is 3.19. The fourth-order valence-electron chi connectivity index (χ4n) is 2.00. The number of hydrogen-bond donors (Lipinski definition) is 1. The normalized spacial score (nSPS) is 12.4. The highest BCUT2D eigenvalue weighted by Crippen LogP contribution is 2.22. The molecule has 0 radical (unpaired) electrons. The molecule has 0 fully saturated rings. The minimum absolute atomic E-state index is 0.00699. The predicted octanol–water partition coefficient (Wildman–Crippen LogP) is 3.13. The number of nitrogens with one attached hydrogen (secondary N) is 1. The molecule has 0 spiro atoms. The van der Waals surface area contributed by atoms with Gasteiger partial charge in [-0.25, -0.2) is 8.42 Å². The zero-order valence-corrected chi connectivity index (χ0v) is 12.7. The molecule has 5 heteroatoms. The van der Waals surface area contributed by atoms with E-state index in [-0.39, 0.29) is 6.04 Å². The average Bonchev–Trinajstić information content (AvgIpc) is 2.47. The van der Waals surface area contributed by atoms with E-state index in [0.717, 1.165) is 11.3 Å². The van der Waals surface area contributed by atoms with Crippen LogP contribution in [0.1, 0.15) is 24.1 Å². The topological polar surface area (TPSA) is 70.0 Å². The summed E-state index contributed by atoms with van der Waals surface area (Å²) in [5.41, 5.74) is 2.39. The van der Waals surface area contributed by atoms with Crippen molar-refractivity contribution in [2.24, 2.45) is 0 Å². The first kappa shape index (κ1) is 15.1. The third kappa shape index (κ3) is 3.83. The molecule has 0 saturated heterocycles. The van der Waals surface area contributed by atoms with Gasteiger partial charge in [0.05, 0.1) is 16.5 Å². The second-order valence-electron chi connectivity index (χ2n) is 4.90. The molecular formula is C16H16N2O2S. The van der Waals surface area contributed by atoms with Gasteiger partial charge < -0.3 is 5.32 Å². The molecule has 2 rings (SSSR count). The monoisotopic (exact) mass is 300 g/mol. The number of sulfone groups is 1. The molecule has 21 heavy (non-hydrogen) atoms. The van der Waals surface area contributed by atoms with Gasteiger partial charge in [-0.1, -0.05) is 18.2 Å². The van der Waals surface area contributed by atoms with Crippen molar-refractivity contribution in [3.05, 3.63) is 59.7 Å². The Hall–Kier alpha value is -2.32. The second-order valence-corrected chi connectivity index (χ2v) is 6.92. The minimum atomic E-state index is -3.21. The summed E-state index contributed by atoms with van der Waals surface area (Å²) in [6, 6.07) is 16.1. The number of nitrogens with zero attached hydrogens (tertiary/aromatic N) is 1. The molecule has 0 aliphatic rings. The van der Waals surface area contributed by atoms with Gasteiger partial charge in [0.15, 0.2) is 9.84 Å². The lowest BCUT2D eigenvalue weighted by molar-refractivity contribution is 0.602. The molecule has 0 saturated carbocycles. The Morgan fingerprint density at radius 1 is 1.14 bits per heavy atom. The van der Waals surface area contributed by atoms with Crippen molar-refractivity contribution in [3.8, 4) is 6.07 Å². The van der Waals surface area contributed by atoms with Gasteiger partial charge in [0.2, 0.25) is 0 Å². The number of benzene rings is 2. The standard InChI is InChI=1S/C16H16N2O2S/c1-12(14-8-6-13(11-17)7-9-14)18-15-4-3-5-16(10-15)21(2,19)20/h3-10,12,18H,1-2H3. The quantitative estimate of drug-likeness (QED) is 0.941. The fraction of sp³-hybridized carbons (Fsp3) is 0.188. The summed E-state index contributed by atoms with van der Waals surface area (Å²) in [5.74, 6) is 0. The first-order chi connectivity index (χ1) is 9.90. The van der Waals surface area contributed by atoms with Gasteiger partial charge in [0.25, 0.3) is 0 Å². The van der Waals surface area contributed by atoms with Gasteiger partial charge in [-0.15, -0.1) is 0 Å². The SMILES string of the molecule is CC(Nc1cccc(S(C)(=O)=O)c1)c1ccc(C#N)cc1. The maximum atomic E-state index is 11.6. The highest BCUT2D eigenvalue weighted by molar-refractivity contribution is 7.90. The molecule has 0 aliphatic carbocycles. The van der Waals surface area contributed by atoms with Crippen LogP contribution >= 0.6 is 0 Å². The van der Waals surface area contributed by atoms with E-state index in [2.05, 4.69) is 11.4 Å². The van der Waals surface area contributed by atoms with Crippen LogP contribution in [0.25, 0.3) is 0 Å². The van der Waals surface area contributed by atoms with Crippen LogP contribution in [-0.2, 0) is 9.84 Å². The number of nitriles is 1. The van der Waals surface area contributed by atoms with Gasteiger partial charge in [0.1, 0.15) is 0 Å². The van der Waals surface area contributed by atoms with Crippen molar-refractivity contribution in [3.63, 3.8) is 0 Å². The minimum Gasteiger partial charge on any atom is -0.378 e. The predicted molar refractivity (Wildman–Crippen MR) is 82.7 cm³/mol.